The van der Waals surface area contributed by atoms with E-state index < -0.39 is 30.3 Å². The summed E-state index contributed by atoms with van der Waals surface area (Å²) in [5, 5.41) is 9.67. The van der Waals surface area contributed by atoms with Crippen LogP contribution in [0.1, 0.15) is 219 Å². The van der Waals surface area contributed by atoms with E-state index in [2.05, 4.69) is 98.9 Å². The van der Waals surface area contributed by atoms with Gasteiger partial charge in [0, 0.05) is 12.8 Å². The first kappa shape index (κ1) is 67.2. The van der Waals surface area contributed by atoms with Crippen molar-refractivity contribution in [3.63, 3.8) is 0 Å². The van der Waals surface area contributed by atoms with E-state index in [9.17, 15) is 19.5 Å². The highest BCUT2D eigenvalue weighted by atomic mass is 16.7. The van der Waals surface area contributed by atoms with Gasteiger partial charge in [0.15, 0.2) is 6.10 Å². The summed E-state index contributed by atoms with van der Waals surface area (Å²) in [6.45, 7) is 4.56. The van der Waals surface area contributed by atoms with Gasteiger partial charge in [0.1, 0.15) is 13.2 Å². The summed E-state index contributed by atoms with van der Waals surface area (Å²) in [6, 6.07) is 0. The number of ether oxygens (including phenoxy) is 4. The minimum Gasteiger partial charge on any atom is -0.477 e. The first-order valence-corrected chi connectivity index (χ1v) is 28.4. The lowest BCUT2D eigenvalue weighted by Gasteiger charge is -2.25. The number of unbranched alkanes of at least 4 members (excludes halogenated alkanes) is 20. The van der Waals surface area contributed by atoms with Crippen molar-refractivity contribution in [2.75, 3.05) is 47.5 Å². The van der Waals surface area contributed by atoms with E-state index in [1.54, 1.807) is 0 Å². The zero-order chi connectivity index (χ0) is 52.0. The van der Waals surface area contributed by atoms with Gasteiger partial charge in [-0.1, -0.05) is 227 Å². The summed E-state index contributed by atoms with van der Waals surface area (Å²) >= 11 is 0. The third-order valence-electron chi connectivity index (χ3n) is 11.8. The number of likely N-dealkylation sites (N-methyl/N-ethyl adjacent to an activating group) is 1. The molecular weight excluding hydrogens is 887 g/mol. The molecule has 0 aliphatic carbocycles. The molecule has 0 rings (SSSR count). The van der Waals surface area contributed by atoms with Crippen molar-refractivity contribution >= 4 is 17.9 Å². The number of carbonyl (C=O) groups excluding carboxylic acids is 2. The van der Waals surface area contributed by atoms with Crippen LogP contribution < -0.4 is 0 Å². The van der Waals surface area contributed by atoms with Crippen LogP contribution in [0.2, 0.25) is 0 Å². The van der Waals surface area contributed by atoms with Crippen LogP contribution >= 0.6 is 0 Å². The Morgan fingerprint density at radius 3 is 1.18 bits per heavy atom. The number of esters is 2. The fourth-order valence-electron chi connectivity index (χ4n) is 7.55. The normalized spacial score (nSPS) is 13.5. The van der Waals surface area contributed by atoms with E-state index in [-0.39, 0.29) is 32.7 Å². The number of hydrogen-bond donors (Lipinski definition) is 1. The van der Waals surface area contributed by atoms with Crippen molar-refractivity contribution in [3.05, 3.63) is 97.2 Å². The van der Waals surface area contributed by atoms with Gasteiger partial charge in [-0.2, -0.15) is 0 Å². The maximum atomic E-state index is 12.8. The number of carboxylic acids is 1. The summed E-state index contributed by atoms with van der Waals surface area (Å²) in [6.07, 6.45) is 68.1. The number of allylic oxidation sites excluding steroid dienone is 16. The highest BCUT2D eigenvalue weighted by molar-refractivity contribution is 5.71. The molecule has 0 saturated heterocycles. The van der Waals surface area contributed by atoms with Crippen molar-refractivity contribution in [3.8, 4) is 0 Å². The van der Waals surface area contributed by atoms with Crippen molar-refractivity contribution in [2.45, 2.75) is 232 Å². The van der Waals surface area contributed by atoms with Crippen LogP contribution in [0.3, 0.4) is 0 Å². The molecule has 9 nitrogen and oxygen atoms in total. The number of quaternary nitrogens is 1. The maximum Gasteiger partial charge on any atom is 0.361 e. The van der Waals surface area contributed by atoms with Crippen LogP contribution in [0.5, 0.6) is 0 Å². The van der Waals surface area contributed by atoms with Crippen molar-refractivity contribution < 1.29 is 42.9 Å². The van der Waals surface area contributed by atoms with Crippen molar-refractivity contribution in [1.82, 2.24) is 0 Å². The van der Waals surface area contributed by atoms with Crippen LogP contribution in [0.25, 0.3) is 0 Å². The molecule has 0 radical (unpaired) electrons. The molecule has 0 aromatic carbocycles. The van der Waals surface area contributed by atoms with Gasteiger partial charge in [-0.3, -0.25) is 9.59 Å². The Hall–Kier alpha value is -3.79. The monoisotopic (exact) mass is 993 g/mol. The molecule has 2 atom stereocenters. The number of rotatable bonds is 51. The Labute approximate surface area is 435 Å². The second-order valence-corrected chi connectivity index (χ2v) is 19.8. The summed E-state index contributed by atoms with van der Waals surface area (Å²) in [7, 11) is 5.94. The third-order valence-corrected chi connectivity index (χ3v) is 11.8. The van der Waals surface area contributed by atoms with E-state index in [1.807, 2.05) is 33.3 Å². The summed E-state index contributed by atoms with van der Waals surface area (Å²) in [4.78, 5) is 37.2. The molecule has 0 heterocycles. The Kier molecular flexibility index (Phi) is 49.7. The smallest absolute Gasteiger partial charge is 0.361 e. The average molecular weight is 994 g/mol. The maximum absolute atomic E-state index is 12.8. The third kappa shape index (κ3) is 53.8. The first-order valence-electron chi connectivity index (χ1n) is 28.4. The molecule has 0 bridgehead atoms. The molecule has 0 aromatic rings. The van der Waals surface area contributed by atoms with E-state index in [0.29, 0.717) is 23.9 Å². The Morgan fingerprint density at radius 2 is 0.789 bits per heavy atom. The molecule has 71 heavy (non-hydrogen) atoms. The van der Waals surface area contributed by atoms with Crippen molar-refractivity contribution in [2.24, 2.45) is 0 Å². The van der Waals surface area contributed by atoms with Gasteiger partial charge < -0.3 is 28.5 Å². The predicted molar refractivity (Wildman–Crippen MR) is 299 cm³/mol. The Balaban J connectivity index is 4.12. The first-order chi connectivity index (χ1) is 34.6. The quantitative estimate of drug-likeness (QED) is 0.0211. The van der Waals surface area contributed by atoms with Crippen molar-refractivity contribution in [1.29, 1.82) is 0 Å². The van der Waals surface area contributed by atoms with E-state index >= 15 is 0 Å². The summed E-state index contributed by atoms with van der Waals surface area (Å²) in [5.74, 6) is -2.11. The van der Waals surface area contributed by atoms with Gasteiger partial charge in [0.05, 0.1) is 34.4 Å². The zero-order valence-corrected chi connectivity index (χ0v) is 46.1. The molecule has 0 aromatic heterocycles. The summed E-state index contributed by atoms with van der Waals surface area (Å²) in [5.41, 5.74) is 0. The van der Waals surface area contributed by atoms with Crippen LogP contribution in [0.15, 0.2) is 97.2 Å². The Morgan fingerprint density at radius 1 is 0.423 bits per heavy atom. The van der Waals surface area contributed by atoms with Gasteiger partial charge in [-0.25, -0.2) is 4.79 Å². The van der Waals surface area contributed by atoms with Gasteiger partial charge in [0.2, 0.25) is 0 Å². The fraction of sp³-hybridized carbons (Fsp3) is 0.694. The molecule has 1 N–H and O–H groups in total. The van der Waals surface area contributed by atoms with E-state index in [0.717, 1.165) is 64.2 Å². The van der Waals surface area contributed by atoms with E-state index in [1.165, 1.54) is 116 Å². The number of carboxylic acid groups (broad SMARTS) is 1. The topological polar surface area (TPSA) is 108 Å². The second kappa shape index (κ2) is 52.5. The molecule has 9 heteroatoms. The van der Waals surface area contributed by atoms with Crippen LogP contribution in [-0.4, -0.2) is 87.4 Å². The summed E-state index contributed by atoms with van der Waals surface area (Å²) < 4.78 is 22.7. The number of hydrogen-bond acceptors (Lipinski definition) is 7. The molecule has 0 fully saturated rings. The highest BCUT2D eigenvalue weighted by Crippen LogP contribution is 2.16. The second-order valence-electron chi connectivity index (χ2n) is 19.8. The van der Waals surface area contributed by atoms with Gasteiger partial charge in [0.25, 0.3) is 6.29 Å². The molecule has 0 amide bonds. The predicted octanol–water partition coefficient (Wildman–Crippen LogP) is 16.6. The molecular formula is C62H106NO8+. The standard InChI is InChI=1S/C62H105NO8/c1-6-8-10-12-14-16-18-20-21-22-23-24-25-26-27-28-29-30-31-32-33-34-35-36-37-38-39-41-43-45-47-49-51-53-60(65)71-58(57-70-62(61(66)67)68-55-54-63(3,4)5)56-69-59(64)52-50-48-46-44-42-40-19-17-15-13-11-9-7-2/h8-11,14-17,20-21,23-24,40,42,46,48,58,62H,6-7,12-13,18-19,22,25-39,41,43-45,47,49-57H2,1-5H3/p+1/b10-8-,11-9-,16-14-,17-15-,21-20-,24-23-,42-40-,48-46-. The molecule has 0 spiro atoms. The highest BCUT2D eigenvalue weighted by Gasteiger charge is 2.25. The molecule has 2 unspecified atom stereocenters. The Bertz CT molecular complexity index is 1480. The minimum absolute atomic E-state index is 0.174. The average Bonchev–Trinajstić information content (AvgIpc) is 3.34. The zero-order valence-electron chi connectivity index (χ0n) is 46.1. The van der Waals surface area contributed by atoms with E-state index in [4.69, 9.17) is 18.9 Å². The van der Waals surface area contributed by atoms with Gasteiger partial charge in [-0.05, 0) is 77.0 Å². The number of carbonyl (C=O) groups is 3. The van der Waals surface area contributed by atoms with Crippen LogP contribution in [0, 0.1) is 0 Å². The molecule has 0 aliphatic rings. The molecule has 406 valence electrons. The SMILES string of the molecule is CC/C=C\C/C=C\C/C=C\C/C=C\CCCCCCCCCCCCCCCCCCCCCCC(=O)OC(COC(=O)CC/C=C\C/C=C\C/C=C\C/C=C\CC)COC(OCC[N+](C)(C)C)C(=O)O. The number of nitrogens with zero attached hydrogens (tertiary/aromatic N) is 1. The fourth-order valence-corrected chi connectivity index (χ4v) is 7.55. The largest absolute Gasteiger partial charge is 0.477 e. The minimum atomic E-state index is -1.53. The lowest BCUT2D eigenvalue weighted by atomic mass is 10.0. The lowest BCUT2D eigenvalue weighted by Crippen LogP contribution is -2.40. The van der Waals surface area contributed by atoms with Gasteiger partial charge in [-0.15, -0.1) is 0 Å². The number of aliphatic carboxylic acids is 1. The van der Waals surface area contributed by atoms with Gasteiger partial charge >= 0.3 is 17.9 Å². The lowest BCUT2D eigenvalue weighted by molar-refractivity contribution is -0.870. The van der Waals surface area contributed by atoms with Crippen LogP contribution in [0.4, 0.5) is 0 Å². The molecule has 0 saturated carbocycles. The van der Waals surface area contributed by atoms with Crippen LogP contribution in [-0.2, 0) is 33.3 Å². The molecule has 0 aliphatic heterocycles.